The van der Waals surface area contributed by atoms with Gasteiger partial charge in [0, 0.05) is 18.2 Å². The first-order valence-corrected chi connectivity index (χ1v) is 7.70. The second-order valence-electron chi connectivity index (χ2n) is 5.64. The van der Waals surface area contributed by atoms with Crippen molar-refractivity contribution >= 4 is 17.0 Å². The smallest absolute Gasteiger partial charge is 0.268 e. The molecule has 3 rings (SSSR count). The predicted octanol–water partition coefficient (Wildman–Crippen LogP) is 3.45. The van der Waals surface area contributed by atoms with Crippen molar-refractivity contribution in [2.75, 3.05) is 6.61 Å². The summed E-state index contributed by atoms with van der Waals surface area (Å²) in [7, 11) is 0. The second-order valence-corrected chi connectivity index (χ2v) is 5.64. The molecule has 5 nitrogen and oxygen atoms in total. The first-order valence-electron chi connectivity index (χ1n) is 7.70. The molecular formula is C18H20N2O3. The van der Waals surface area contributed by atoms with Crippen molar-refractivity contribution in [1.29, 1.82) is 0 Å². The number of carbonyl (C=O) groups is 1. The molecular weight excluding hydrogens is 292 g/mol. The lowest BCUT2D eigenvalue weighted by Gasteiger charge is -2.13. The number of hydrogen-bond donors (Lipinski definition) is 1. The van der Waals surface area contributed by atoms with Crippen molar-refractivity contribution in [2.45, 2.75) is 26.4 Å². The van der Waals surface area contributed by atoms with E-state index in [0.717, 1.165) is 11.3 Å². The molecule has 0 bridgehead atoms. The molecule has 2 heterocycles. The summed E-state index contributed by atoms with van der Waals surface area (Å²) in [6.45, 7) is 4.92. The van der Waals surface area contributed by atoms with Crippen molar-refractivity contribution in [3.8, 4) is 5.75 Å². The largest absolute Gasteiger partial charge is 0.492 e. The Morgan fingerprint density at radius 1 is 1.26 bits per heavy atom. The Hall–Kier alpha value is -2.69. The van der Waals surface area contributed by atoms with Crippen molar-refractivity contribution in [3.05, 3.63) is 54.4 Å². The fourth-order valence-corrected chi connectivity index (χ4v) is 2.51. The number of rotatable bonds is 6. The van der Waals surface area contributed by atoms with Crippen molar-refractivity contribution < 1.29 is 13.9 Å². The zero-order valence-electron chi connectivity index (χ0n) is 13.3. The maximum atomic E-state index is 12.4. The number of ether oxygens (including phenoxy) is 1. The summed E-state index contributed by atoms with van der Waals surface area (Å²) in [6.07, 6.45) is 1.63. The first kappa shape index (κ1) is 15.2. The van der Waals surface area contributed by atoms with E-state index in [4.69, 9.17) is 9.15 Å². The minimum absolute atomic E-state index is 0.0812. The van der Waals surface area contributed by atoms with E-state index >= 15 is 0 Å². The lowest BCUT2D eigenvalue weighted by Crippen LogP contribution is -2.32. The molecule has 0 saturated heterocycles. The fourth-order valence-electron chi connectivity index (χ4n) is 2.51. The summed E-state index contributed by atoms with van der Waals surface area (Å²) in [5, 5.41) is 2.92. The summed E-state index contributed by atoms with van der Waals surface area (Å²) < 4.78 is 13.1. The minimum Gasteiger partial charge on any atom is -0.492 e. The molecule has 23 heavy (non-hydrogen) atoms. The molecule has 0 aliphatic rings. The van der Waals surface area contributed by atoms with Crippen LogP contribution in [0.4, 0.5) is 0 Å². The van der Waals surface area contributed by atoms with E-state index in [1.165, 1.54) is 0 Å². The van der Waals surface area contributed by atoms with Gasteiger partial charge in [-0.15, -0.1) is 0 Å². The minimum atomic E-state index is -0.105. The quantitative estimate of drug-likeness (QED) is 0.758. The summed E-state index contributed by atoms with van der Waals surface area (Å²) in [6, 6.07) is 13.4. The predicted molar refractivity (Wildman–Crippen MR) is 88.7 cm³/mol. The molecule has 1 N–H and O–H groups in total. The number of carbonyl (C=O) groups excluding carboxylic acids is 1. The number of fused-ring (bicyclic) bond motifs is 1. The van der Waals surface area contributed by atoms with Crippen LogP contribution in [0.5, 0.6) is 5.75 Å². The van der Waals surface area contributed by atoms with Crippen LogP contribution in [0.2, 0.25) is 0 Å². The van der Waals surface area contributed by atoms with Gasteiger partial charge in [-0.2, -0.15) is 0 Å². The highest BCUT2D eigenvalue weighted by atomic mass is 16.5. The number of aromatic nitrogens is 1. The molecule has 0 aliphatic heterocycles. The first-order chi connectivity index (χ1) is 11.1. The third kappa shape index (κ3) is 3.39. The van der Waals surface area contributed by atoms with Gasteiger partial charge >= 0.3 is 0 Å². The van der Waals surface area contributed by atoms with Crippen LogP contribution in [0.15, 0.2) is 53.1 Å². The van der Waals surface area contributed by atoms with Crippen LogP contribution in [-0.4, -0.2) is 23.1 Å². The van der Waals surface area contributed by atoms with Gasteiger partial charge in [-0.3, -0.25) is 4.79 Å². The Balaban J connectivity index is 1.78. The van der Waals surface area contributed by atoms with Crippen LogP contribution in [-0.2, 0) is 6.54 Å². The van der Waals surface area contributed by atoms with Crippen LogP contribution < -0.4 is 10.1 Å². The zero-order valence-corrected chi connectivity index (χ0v) is 13.3. The molecule has 3 aromatic rings. The number of furan rings is 1. The molecule has 0 atom stereocenters. The van der Waals surface area contributed by atoms with E-state index in [1.807, 2.05) is 54.8 Å². The Labute approximate surface area is 134 Å². The maximum Gasteiger partial charge on any atom is 0.268 e. The zero-order chi connectivity index (χ0) is 16.2. The maximum absolute atomic E-state index is 12.4. The van der Waals surface area contributed by atoms with E-state index in [1.54, 1.807) is 12.3 Å². The van der Waals surface area contributed by atoms with E-state index in [9.17, 15) is 4.79 Å². The Morgan fingerprint density at radius 3 is 2.78 bits per heavy atom. The molecule has 0 spiro atoms. The standard InChI is InChI=1S/C18H20N2O3/c1-13(2)19-18(21)16-12-17-15(8-10-23-17)20(16)9-11-22-14-6-4-3-5-7-14/h3-8,10,12-13H,9,11H2,1-2H3,(H,19,21). The van der Waals surface area contributed by atoms with Gasteiger partial charge in [0.2, 0.25) is 0 Å². The number of hydrogen-bond acceptors (Lipinski definition) is 3. The lowest BCUT2D eigenvalue weighted by molar-refractivity contribution is 0.0933. The van der Waals surface area contributed by atoms with Gasteiger partial charge in [-0.25, -0.2) is 0 Å². The number of para-hydroxylation sites is 1. The molecule has 0 saturated carbocycles. The van der Waals surface area contributed by atoms with Crippen LogP contribution in [0.3, 0.4) is 0 Å². The highest BCUT2D eigenvalue weighted by Crippen LogP contribution is 2.21. The lowest BCUT2D eigenvalue weighted by atomic mass is 10.3. The summed E-state index contributed by atoms with van der Waals surface area (Å²) in [5.74, 6) is 0.711. The van der Waals surface area contributed by atoms with Gasteiger partial charge in [0.25, 0.3) is 5.91 Å². The monoisotopic (exact) mass is 312 g/mol. The average molecular weight is 312 g/mol. The van der Waals surface area contributed by atoms with Crippen LogP contribution >= 0.6 is 0 Å². The van der Waals surface area contributed by atoms with E-state index < -0.39 is 0 Å². The highest BCUT2D eigenvalue weighted by Gasteiger charge is 2.17. The fraction of sp³-hybridized carbons (Fsp3) is 0.278. The molecule has 5 heteroatoms. The van der Waals surface area contributed by atoms with E-state index in [0.29, 0.717) is 24.4 Å². The van der Waals surface area contributed by atoms with Crippen molar-refractivity contribution in [2.24, 2.45) is 0 Å². The van der Waals surface area contributed by atoms with Gasteiger partial charge in [0.1, 0.15) is 18.1 Å². The Bertz CT molecular complexity index is 787. The molecule has 0 radical (unpaired) electrons. The molecule has 0 unspecified atom stereocenters. The number of nitrogens with one attached hydrogen (secondary N) is 1. The van der Waals surface area contributed by atoms with Crippen LogP contribution in [0.25, 0.3) is 11.1 Å². The van der Waals surface area contributed by atoms with Gasteiger partial charge in [0.05, 0.1) is 18.3 Å². The molecule has 2 aromatic heterocycles. The topological polar surface area (TPSA) is 56.4 Å². The van der Waals surface area contributed by atoms with Gasteiger partial charge < -0.3 is 19.0 Å². The third-order valence-electron chi connectivity index (χ3n) is 3.50. The van der Waals surface area contributed by atoms with Gasteiger partial charge in [0.15, 0.2) is 5.58 Å². The third-order valence-corrected chi connectivity index (χ3v) is 3.50. The normalized spacial score (nSPS) is 11.1. The van der Waals surface area contributed by atoms with E-state index in [2.05, 4.69) is 5.32 Å². The molecule has 0 aliphatic carbocycles. The Kier molecular flexibility index (Phi) is 4.37. The van der Waals surface area contributed by atoms with Gasteiger partial charge in [-0.1, -0.05) is 18.2 Å². The van der Waals surface area contributed by atoms with Crippen LogP contribution in [0, 0.1) is 0 Å². The summed E-state index contributed by atoms with van der Waals surface area (Å²) in [5.41, 5.74) is 2.19. The number of nitrogens with zero attached hydrogens (tertiary/aromatic N) is 1. The number of amides is 1. The molecule has 120 valence electrons. The molecule has 1 aromatic carbocycles. The van der Waals surface area contributed by atoms with Crippen molar-refractivity contribution in [3.63, 3.8) is 0 Å². The summed E-state index contributed by atoms with van der Waals surface area (Å²) >= 11 is 0. The van der Waals surface area contributed by atoms with E-state index in [-0.39, 0.29) is 11.9 Å². The summed E-state index contributed by atoms with van der Waals surface area (Å²) in [4.78, 5) is 12.4. The molecule has 0 fully saturated rings. The molecule has 1 amide bonds. The highest BCUT2D eigenvalue weighted by molar-refractivity contribution is 5.97. The average Bonchev–Trinajstić information content (AvgIpc) is 3.10. The van der Waals surface area contributed by atoms with Crippen LogP contribution in [0.1, 0.15) is 24.3 Å². The number of benzene rings is 1. The SMILES string of the molecule is CC(C)NC(=O)c1cc2occc2n1CCOc1ccccc1. The second kappa shape index (κ2) is 6.60. The Morgan fingerprint density at radius 2 is 2.04 bits per heavy atom. The van der Waals surface area contributed by atoms with Crippen molar-refractivity contribution in [1.82, 2.24) is 9.88 Å². The van der Waals surface area contributed by atoms with Gasteiger partial charge in [-0.05, 0) is 26.0 Å².